The van der Waals surface area contributed by atoms with E-state index in [1.165, 1.54) is 11.1 Å². The molecule has 0 heterocycles. The normalized spacial score (nSPS) is 14.3. The van der Waals surface area contributed by atoms with E-state index in [-0.39, 0.29) is 11.9 Å². The zero-order chi connectivity index (χ0) is 14.5. The van der Waals surface area contributed by atoms with Gasteiger partial charge in [-0.15, -0.1) is 0 Å². The maximum atomic E-state index is 11.4. The van der Waals surface area contributed by atoms with Crippen molar-refractivity contribution >= 4 is 12.0 Å². The minimum atomic E-state index is -0.0564. The third-order valence-electron chi connectivity index (χ3n) is 3.56. The van der Waals surface area contributed by atoms with Gasteiger partial charge in [-0.2, -0.15) is 0 Å². The summed E-state index contributed by atoms with van der Waals surface area (Å²) < 4.78 is 5.15. The Kier molecular flexibility index (Phi) is 4.15. The van der Waals surface area contributed by atoms with Crippen LogP contribution in [0.5, 0.6) is 0 Å². The fraction of sp³-hybridized carbons (Fsp3) is 0.211. The summed E-state index contributed by atoms with van der Waals surface area (Å²) in [6.45, 7) is 0.357. The Morgan fingerprint density at radius 1 is 1.00 bits per heavy atom. The van der Waals surface area contributed by atoms with Gasteiger partial charge in [0.15, 0.2) is 0 Å². The largest absolute Gasteiger partial charge is 0.461 e. The van der Waals surface area contributed by atoms with Gasteiger partial charge >= 0.3 is 5.97 Å². The average molecular weight is 278 g/mol. The summed E-state index contributed by atoms with van der Waals surface area (Å²) >= 11 is 0. The van der Waals surface area contributed by atoms with Crippen LogP contribution >= 0.6 is 0 Å². The van der Waals surface area contributed by atoms with Gasteiger partial charge in [0.05, 0.1) is 5.92 Å². The van der Waals surface area contributed by atoms with E-state index in [9.17, 15) is 4.79 Å². The number of rotatable bonds is 5. The molecule has 0 N–H and O–H groups in total. The van der Waals surface area contributed by atoms with Crippen LogP contribution < -0.4 is 0 Å². The van der Waals surface area contributed by atoms with E-state index < -0.39 is 0 Å². The predicted molar refractivity (Wildman–Crippen MR) is 84.6 cm³/mol. The highest BCUT2D eigenvalue weighted by molar-refractivity contribution is 5.75. The molecule has 2 aromatic carbocycles. The first-order valence-electron chi connectivity index (χ1n) is 7.31. The number of benzene rings is 2. The van der Waals surface area contributed by atoms with E-state index >= 15 is 0 Å². The molecule has 2 aromatic rings. The van der Waals surface area contributed by atoms with Crippen molar-refractivity contribution in [1.82, 2.24) is 0 Å². The Balaban J connectivity index is 1.55. The molecular formula is C19H18O2. The van der Waals surface area contributed by atoms with Crippen LogP contribution in [0.25, 0.3) is 17.2 Å². The van der Waals surface area contributed by atoms with Gasteiger partial charge in [0.25, 0.3) is 0 Å². The maximum Gasteiger partial charge on any atom is 0.309 e. The van der Waals surface area contributed by atoms with E-state index in [0.29, 0.717) is 6.61 Å². The lowest BCUT2D eigenvalue weighted by molar-refractivity contribution is -0.143. The number of carbonyl (C=O) groups excluding carboxylic acids is 1. The van der Waals surface area contributed by atoms with Crippen molar-refractivity contribution in [3.05, 3.63) is 66.2 Å². The lowest BCUT2D eigenvalue weighted by atomic mass is 10.0. The van der Waals surface area contributed by atoms with Crippen molar-refractivity contribution in [2.45, 2.75) is 12.8 Å². The summed E-state index contributed by atoms with van der Waals surface area (Å²) in [4.78, 5) is 11.4. The minimum absolute atomic E-state index is 0.0564. The van der Waals surface area contributed by atoms with Crippen LogP contribution in [-0.2, 0) is 9.53 Å². The second-order valence-electron chi connectivity index (χ2n) is 5.29. The van der Waals surface area contributed by atoms with Crippen molar-refractivity contribution < 1.29 is 9.53 Å². The second-order valence-corrected chi connectivity index (χ2v) is 5.29. The third kappa shape index (κ3) is 3.82. The Morgan fingerprint density at radius 2 is 1.67 bits per heavy atom. The van der Waals surface area contributed by atoms with E-state index in [4.69, 9.17) is 4.74 Å². The zero-order valence-electron chi connectivity index (χ0n) is 11.9. The molecule has 0 radical (unpaired) electrons. The van der Waals surface area contributed by atoms with E-state index in [1.807, 2.05) is 30.4 Å². The van der Waals surface area contributed by atoms with Crippen LogP contribution in [0.4, 0.5) is 0 Å². The summed E-state index contributed by atoms with van der Waals surface area (Å²) in [6.07, 6.45) is 5.85. The summed E-state index contributed by atoms with van der Waals surface area (Å²) in [5.74, 6) is 0.114. The molecule has 3 rings (SSSR count). The Morgan fingerprint density at radius 3 is 2.33 bits per heavy atom. The Bertz CT molecular complexity index is 622. The fourth-order valence-electron chi connectivity index (χ4n) is 2.17. The highest BCUT2D eigenvalue weighted by Gasteiger charge is 2.30. The SMILES string of the molecule is O=C(OC/C=C/c1ccc(-c2ccccc2)cc1)C1CC1. The molecule has 21 heavy (non-hydrogen) atoms. The van der Waals surface area contributed by atoms with Crippen LogP contribution in [0.2, 0.25) is 0 Å². The van der Waals surface area contributed by atoms with Crippen LogP contribution in [-0.4, -0.2) is 12.6 Å². The molecule has 0 aromatic heterocycles. The Hall–Kier alpha value is -2.35. The van der Waals surface area contributed by atoms with Gasteiger partial charge in [0, 0.05) is 0 Å². The van der Waals surface area contributed by atoms with Crippen LogP contribution in [0.1, 0.15) is 18.4 Å². The summed E-state index contributed by atoms with van der Waals surface area (Å²) in [7, 11) is 0. The van der Waals surface area contributed by atoms with E-state index in [2.05, 4.69) is 36.4 Å². The van der Waals surface area contributed by atoms with Gasteiger partial charge in [-0.3, -0.25) is 4.79 Å². The number of carbonyl (C=O) groups is 1. The van der Waals surface area contributed by atoms with Crippen molar-refractivity contribution in [2.24, 2.45) is 5.92 Å². The van der Waals surface area contributed by atoms with Crippen molar-refractivity contribution in [2.75, 3.05) is 6.61 Å². The first-order valence-corrected chi connectivity index (χ1v) is 7.31. The first-order chi connectivity index (χ1) is 10.3. The lowest BCUT2D eigenvalue weighted by Crippen LogP contribution is -2.05. The summed E-state index contributed by atoms with van der Waals surface area (Å²) in [6, 6.07) is 18.6. The van der Waals surface area contributed by atoms with Crippen molar-refractivity contribution in [1.29, 1.82) is 0 Å². The maximum absolute atomic E-state index is 11.4. The number of esters is 1. The highest BCUT2D eigenvalue weighted by atomic mass is 16.5. The van der Waals surface area contributed by atoms with Crippen LogP contribution in [0.3, 0.4) is 0 Å². The van der Waals surface area contributed by atoms with Gasteiger partial charge in [0.1, 0.15) is 6.61 Å². The highest BCUT2D eigenvalue weighted by Crippen LogP contribution is 2.30. The zero-order valence-corrected chi connectivity index (χ0v) is 11.9. The molecule has 1 aliphatic carbocycles. The van der Waals surface area contributed by atoms with Gasteiger partial charge in [0.2, 0.25) is 0 Å². The standard InChI is InChI=1S/C19H18O2/c20-19(18-12-13-18)21-14-4-5-15-8-10-17(11-9-15)16-6-2-1-3-7-16/h1-11,18H,12-14H2/b5-4+. The van der Waals surface area contributed by atoms with Crippen LogP contribution in [0.15, 0.2) is 60.7 Å². The molecule has 1 aliphatic rings. The molecule has 2 heteroatoms. The quantitative estimate of drug-likeness (QED) is 0.761. The van der Waals surface area contributed by atoms with Crippen molar-refractivity contribution in [3.63, 3.8) is 0 Å². The van der Waals surface area contributed by atoms with E-state index in [0.717, 1.165) is 18.4 Å². The molecule has 1 saturated carbocycles. The van der Waals surface area contributed by atoms with Gasteiger partial charge in [-0.05, 0) is 35.6 Å². The molecule has 0 amide bonds. The molecule has 2 nitrogen and oxygen atoms in total. The van der Waals surface area contributed by atoms with Gasteiger partial charge in [-0.25, -0.2) is 0 Å². The monoisotopic (exact) mass is 278 g/mol. The first kappa shape index (κ1) is 13.6. The molecule has 0 aliphatic heterocycles. The Labute approximate surface area is 125 Å². The van der Waals surface area contributed by atoms with Gasteiger partial charge in [-0.1, -0.05) is 60.7 Å². The topological polar surface area (TPSA) is 26.3 Å². The number of hydrogen-bond donors (Lipinski definition) is 0. The van der Waals surface area contributed by atoms with Gasteiger partial charge < -0.3 is 4.74 Å². The minimum Gasteiger partial charge on any atom is -0.461 e. The molecular weight excluding hydrogens is 260 g/mol. The summed E-state index contributed by atoms with van der Waals surface area (Å²) in [5.41, 5.74) is 3.52. The molecule has 0 unspecified atom stereocenters. The fourth-order valence-corrected chi connectivity index (χ4v) is 2.17. The van der Waals surface area contributed by atoms with Crippen LogP contribution in [0, 0.1) is 5.92 Å². The molecule has 106 valence electrons. The smallest absolute Gasteiger partial charge is 0.309 e. The average Bonchev–Trinajstić information content (AvgIpc) is 3.38. The van der Waals surface area contributed by atoms with E-state index in [1.54, 1.807) is 0 Å². The van der Waals surface area contributed by atoms with Crippen molar-refractivity contribution in [3.8, 4) is 11.1 Å². The number of ether oxygens (including phenoxy) is 1. The number of hydrogen-bond acceptors (Lipinski definition) is 2. The molecule has 1 fully saturated rings. The second kappa shape index (κ2) is 6.40. The summed E-state index contributed by atoms with van der Waals surface area (Å²) in [5, 5.41) is 0. The predicted octanol–water partition coefficient (Wildman–Crippen LogP) is 4.32. The lowest BCUT2D eigenvalue weighted by Gasteiger charge is -2.02. The third-order valence-corrected chi connectivity index (χ3v) is 3.56. The molecule has 0 bridgehead atoms. The molecule has 0 saturated heterocycles. The molecule has 0 spiro atoms. The molecule has 0 atom stereocenters.